The third kappa shape index (κ3) is 4.73. The Kier molecular flexibility index (Phi) is 6.09. The molecule has 0 spiro atoms. The highest BCUT2D eigenvalue weighted by Crippen LogP contribution is 2.17. The molecule has 0 aliphatic carbocycles. The minimum absolute atomic E-state index is 0.0546. The van der Waals surface area contributed by atoms with E-state index in [1.54, 1.807) is 0 Å². The van der Waals surface area contributed by atoms with Gasteiger partial charge in [0.15, 0.2) is 0 Å². The van der Waals surface area contributed by atoms with Crippen molar-refractivity contribution < 1.29 is 4.79 Å². The van der Waals surface area contributed by atoms with Gasteiger partial charge in [0.05, 0.1) is 5.69 Å². The molecular weight excluding hydrogens is 324 g/mol. The van der Waals surface area contributed by atoms with Crippen molar-refractivity contribution in [2.75, 3.05) is 26.2 Å². The van der Waals surface area contributed by atoms with E-state index >= 15 is 0 Å². The van der Waals surface area contributed by atoms with Crippen LogP contribution in [0.25, 0.3) is 0 Å². The minimum Gasteiger partial charge on any atom is -0.354 e. The number of likely N-dealkylation sites (tertiary alicyclic amines) is 1. The molecule has 2 heterocycles. The Morgan fingerprint density at radius 2 is 2.08 bits per heavy atom. The second kappa shape index (κ2) is 8.49. The van der Waals surface area contributed by atoms with Gasteiger partial charge in [0.25, 0.3) is 0 Å². The van der Waals surface area contributed by atoms with Gasteiger partial charge in [-0.25, -0.2) is 0 Å². The molecule has 2 aromatic rings. The van der Waals surface area contributed by atoms with E-state index in [4.69, 9.17) is 0 Å². The summed E-state index contributed by atoms with van der Waals surface area (Å²) in [6.45, 7) is 9.90. The fourth-order valence-corrected chi connectivity index (χ4v) is 3.76. The molecule has 0 saturated carbocycles. The van der Waals surface area contributed by atoms with E-state index in [1.807, 2.05) is 31.5 Å². The topological polar surface area (TPSA) is 50.2 Å². The van der Waals surface area contributed by atoms with Crippen LogP contribution in [-0.2, 0) is 11.2 Å². The fourth-order valence-electron chi connectivity index (χ4n) is 3.76. The molecule has 1 aliphatic rings. The Balaban J connectivity index is 1.41. The van der Waals surface area contributed by atoms with Gasteiger partial charge in [0, 0.05) is 25.3 Å². The first-order valence-electron chi connectivity index (χ1n) is 9.59. The quantitative estimate of drug-likeness (QED) is 0.832. The van der Waals surface area contributed by atoms with Gasteiger partial charge in [-0.15, -0.1) is 0 Å². The molecule has 1 N–H and O–H groups in total. The predicted octanol–water partition coefficient (Wildman–Crippen LogP) is 2.74. The standard InChI is InChI=1S/C21H30N4O/c1-16-13-17(2)25(23-16)18(3)21(26)22-14-20-10-12-24(15-20)11-9-19-7-5-4-6-8-19/h4-8,13,18,20H,9-12,14-15H2,1-3H3,(H,22,26). The third-order valence-electron chi connectivity index (χ3n) is 5.29. The van der Waals surface area contributed by atoms with Gasteiger partial charge < -0.3 is 10.2 Å². The second-order valence-corrected chi connectivity index (χ2v) is 7.48. The first-order valence-corrected chi connectivity index (χ1v) is 9.59. The third-order valence-corrected chi connectivity index (χ3v) is 5.29. The van der Waals surface area contributed by atoms with Crippen LogP contribution in [0.5, 0.6) is 0 Å². The summed E-state index contributed by atoms with van der Waals surface area (Å²) < 4.78 is 1.81. The lowest BCUT2D eigenvalue weighted by Gasteiger charge is -2.18. The number of rotatable bonds is 7. The number of aryl methyl sites for hydroxylation is 2. The molecule has 0 radical (unpaired) electrons. The number of nitrogens with one attached hydrogen (secondary N) is 1. The van der Waals surface area contributed by atoms with Crippen molar-refractivity contribution in [1.29, 1.82) is 0 Å². The minimum atomic E-state index is -0.265. The van der Waals surface area contributed by atoms with Crippen LogP contribution in [0.4, 0.5) is 0 Å². The summed E-state index contributed by atoms with van der Waals surface area (Å²) in [7, 11) is 0. The maximum Gasteiger partial charge on any atom is 0.244 e. The van der Waals surface area contributed by atoms with Crippen molar-refractivity contribution in [2.24, 2.45) is 5.92 Å². The molecule has 1 aromatic heterocycles. The van der Waals surface area contributed by atoms with Crippen LogP contribution in [0.2, 0.25) is 0 Å². The average molecular weight is 354 g/mol. The Morgan fingerprint density at radius 3 is 2.77 bits per heavy atom. The Bertz CT molecular complexity index is 725. The van der Waals surface area contributed by atoms with E-state index in [1.165, 1.54) is 5.56 Å². The van der Waals surface area contributed by atoms with Crippen LogP contribution < -0.4 is 5.32 Å². The number of benzene rings is 1. The molecule has 0 bridgehead atoms. The van der Waals surface area contributed by atoms with E-state index in [9.17, 15) is 4.79 Å². The zero-order valence-electron chi connectivity index (χ0n) is 16.1. The van der Waals surface area contributed by atoms with Gasteiger partial charge in [-0.3, -0.25) is 9.48 Å². The van der Waals surface area contributed by atoms with E-state index in [0.29, 0.717) is 5.92 Å². The summed E-state index contributed by atoms with van der Waals surface area (Å²) >= 11 is 0. The van der Waals surface area contributed by atoms with Crippen molar-refractivity contribution in [3.8, 4) is 0 Å². The van der Waals surface area contributed by atoms with Gasteiger partial charge in [-0.2, -0.15) is 5.10 Å². The first-order chi connectivity index (χ1) is 12.5. The average Bonchev–Trinajstić information content (AvgIpc) is 3.24. The SMILES string of the molecule is Cc1cc(C)n(C(C)C(=O)NCC2CCN(CCc3ccccc3)C2)n1. The van der Waals surface area contributed by atoms with E-state index < -0.39 is 0 Å². The predicted molar refractivity (Wildman–Crippen MR) is 104 cm³/mol. The van der Waals surface area contributed by atoms with Gasteiger partial charge in [0.2, 0.25) is 5.91 Å². The highest BCUT2D eigenvalue weighted by atomic mass is 16.2. The zero-order chi connectivity index (χ0) is 18.5. The summed E-state index contributed by atoms with van der Waals surface area (Å²) in [5, 5.41) is 7.55. The largest absolute Gasteiger partial charge is 0.354 e. The maximum absolute atomic E-state index is 12.5. The number of carbonyl (C=O) groups excluding carboxylic acids is 1. The molecule has 140 valence electrons. The van der Waals surface area contributed by atoms with Crippen LogP contribution >= 0.6 is 0 Å². The number of hydrogen-bond donors (Lipinski definition) is 1. The Hall–Kier alpha value is -2.14. The lowest BCUT2D eigenvalue weighted by atomic mass is 10.1. The van der Waals surface area contributed by atoms with Crippen molar-refractivity contribution in [2.45, 2.75) is 39.7 Å². The smallest absolute Gasteiger partial charge is 0.244 e. The van der Waals surface area contributed by atoms with Gasteiger partial charge in [0.1, 0.15) is 6.04 Å². The molecule has 26 heavy (non-hydrogen) atoms. The molecule has 1 saturated heterocycles. The number of aromatic nitrogens is 2. The summed E-state index contributed by atoms with van der Waals surface area (Å²) in [6, 6.07) is 12.4. The van der Waals surface area contributed by atoms with Crippen LogP contribution in [0.3, 0.4) is 0 Å². The van der Waals surface area contributed by atoms with Crippen LogP contribution in [0, 0.1) is 19.8 Å². The molecule has 3 rings (SSSR count). The van der Waals surface area contributed by atoms with E-state index in [2.05, 4.69) is 45.6 Å². The Labute approximate surface area is 156 Å². The lowest BCUT2D eigenvalue weighted by Crippen LogP contribution is -2.36. The van der Waals surface area contributed by atoms with Gasteiger partial charge in [-0.05, 0) is 57.7 Å². The van der Waals surface area contributed by atoms with Crippen LogP contribution in [0.15, 0.2) is 36.4 Å². The van der Waals surface area contributed by atoms with Crippen LogP contribution in [-0.4, -0.2) is 46.8 Å². The zero-order valence-corrected chi connectivity index (χ0v) is 16.1. The maximum atomic E-state index is 12.5. The van der Waals surface area contributed by atoms with E-state index in [0.717, 1.165) is 50.4 Å². The van der Waals surface area contributed by atoms with Crippen molar-refractivity contribution in [3.63, 3.8) is 0 Å². The van der Waals surface area contributed by atoms with Crippen molar-refractivity contribution >= 4 is 5.91 Å². The molecule has 5 nitrogen and oxygen atoms in total. The number of carbonyl (C=O) groups is 1. The molecule has 1 aliphatic heterocycles. The van der Waals surface area contributed by atoms with Crippen molar-refractivity contribution in [3.05, 3.63) is 53.3 Å². The normalized spacial score (nSPS) is 18.8. The Morgan fingerprint density at radius 1 is 1.31 bits per heavy atom. The number of nitrogens with zero attached hydrogens (tertiary/aromatic N) is 3. The van der Waals surface area contributed by atoms with Gasteiger partial charge >= 0.3 is 0 Å². The molecular formula is C21H30N4O. The number of amides is 1. The highest BCUT2D eigenvalue weighted by molar-refractivity contribution is 5.79. The summed E-state index contributed by atoms with van der Waals surface area (Å²) in [5.74, 6) is 0.598. The summed E-state index contributed by atoms with van der Waals surface area (Å²) in [5.41, 5.74) is 3.37. The molecule has 1 aromatic carbocycles. The molecule has 5 heteroatoms. The second-order valence-electron chi connectivity index (χ2n) is 7.48. The lowest BCUT2D eigenvalue weighted by molar-refractivity contribution is -0.124. The van der Waals surface area contributed by atoms with Crippen LogP contribution in [0.1, 0.15) is 36.3 Å². The highest BCUT2D eigenvalue weighted by Gasteiger charge is 2.24. The van der Waals surface area contributed by atoms with Crippen molar-refractivity contribution in [1.82, 2.24) is 20.0 Å². The molecule has 2 unspecified atom stereocenters. The summed E-state index contributed by atoms with van der Waals surface area (Å²) in [6.07, 6.45) is 2.25. The monoisotopic (exact) mass is 354 g/mol. The first kappa shape index (κ1) is 18.6. The van der Waals surface area contributed by atoms with E-state index in [-0.39, 0.29) is 11.9 Å². The number of hydrogen-bond acceptors (Lipinski definition) is 3. The molecule has 1 fully saturated rings. The molecule has 2 atom stereocenters. The fraction of sp³-hybridized carbons (Fsp3) is 0.524. The molecule has 1 amide bonds. The van der Waals surface area contributed by atoms with Gasteiger partial charge in [-0.1, -0.05) is 30.3 Å². The summed E-state index contributed by atoms with van der Waals surface area (Å²) in [4.78, 5) is 15.0.